The Bertz CT molecular complexity index is 1020. The van der Waals surface area contributed by atoms with E-state index in [-0.39, 0.29) is 31.3 Å². The number of fused-ring (bicyclic) bond motifs is 3. The first kappa shape index (κ1) is 24.7. The zero-order valence-corrected chi connectivity index (χ0v) is 20.1. The van der Waals surface area contributed by atoms with Crippen molar-refractivity contribution in [3.63, 3.8) is 0 Å². The number of hydrogen-bond donors (Lipinski definition) is 2. The molecule has 1 unspecified atom stereocenters. The van der Waals surface area contributed by atoms with Gasteiger partial charge in [0.1, 0.15) is 12.6 Å². The van der Waals surface area contributed by atoms with Crippen LogP contribution < -0.4 is 5.32 Å². The number of carboxylic acids is 1. The summed E-state index contributed by atoms with van der Waals surface area (Å²) in [6, 6.07) is 15.2. The second-order valence-corrected chi connectivity index (χ2v) is 9.12. The van der Waals surface area contributed by atoms with Crippen LogP contribution in [0.2, 0.25) is 0 Å². The third-order valence-electron chi connectivity index (χ3n) is 6.80. The Balaban J connectivity index is 1.39. The summed E-state index contributed by atoms with van der Waals surface area (Å²) in [6.07, 6.45) is 0.155. The van der Waals surface area contributed by atoms with Crippen molar-refractivity contribution in [2.75, 3.05) is 39.3 Å². The molecule has 1 aliphatic heterocycles. The molecule has 1 aliphatic carbocycles. The van der Waals surface area contributed by atoms with Crippen LogP contribution in [0.3, 0.4) is 0 Å². The molecule has 1 atom stereocenters. The number of amides is 2. The molecular weight excluding hydrogens is 446 g/mol. The number of carboxylic acid groups (broad SMARTS) is 1. The van der Waals surface area contributed by atoms with Crippen LogP contribution >= 0.6 is 0 Å². The van der Waals surface area contributed by atoms with E-state index in [1.54, 1.807) is 4.90 Å². The summed E-state index contributed by atoms with van der Waals surface area (Å²) in [6.45, 7) is 5.92. The number of aliphatic carboxylic acids is 1. The smallest absolute Gasteiger partial charge is 0.407 e. The van der Waals surface area contributed by atoms with Crippen molar-refractivity contribution in [3.05, 3.63) is 59.7 Å². The average Bonchev–Trinajstić information content (AvgIpc) is 3.19. The van der Waals surface area contributed by atoms with Gasteiger partial charge in [0.15, 0.2) is 0 Å². The summed E-state index contributed by atoms with van der Waals surface area (Å²) in [4.78, 5) is 41.1. The van der Waals surface area contributed by atoms with Crippen molar-refractivity contribution in [1.82, 2.24) is 15.1 Å². The summed E-state index contributed by atoms with van der Waals surface area (Å²) in [5.41, 5.74) is 4.47. The highest BCUT2D eigenvalue weighted by Gasteiger charge is 2.31. The molecule has 0 radical (unpaired) electrons. The van der Waals surface area contributed by atoms with Gasteiger partial charge in [-0.2, -0.15) is 0 Å². The molecule has 0 bridgehead atoms. The molecule has 4 rings (SSSR count). The minimum atomic E-state index is -1.01. The van der Waals surface area contributed by atoms with Gasteiger partial charge in [-0.1, -0.05) is 55.5 Å². The van der Waals surface area contributed by atoms with Gasteiger partial charge < -0.3 is 20.1 Å². The number of ether oxygens (including phenoxy) is 1. The van der Waals surface area contributed by atoms with Gasteiger partial charge >= 0.3 is 12.1 Å². The fourth-order valence-corrected chi connectivity index (χ4v) is 5.04. The van der Waals surface area contributed by atoms with Crippen LogP contribution in [-0.4, -0.2) is 78.2 Å². The van der Waals surface area contributed by atoms with E-state index in [0.29, 0.717) is 13.1 Å². The van der Waals surface area contributed by atoms with Crippen molar-refractivity contribution in [2.24, 2.45) is 0 Å². The zero-order valence-electron chi connectivity index (χ0n) is 20.1. The van der Waals surface area contributed by atoms with Gasteiger partial charge in [0, 0.05) is 38.5 Å². The van der Waals surface area contributed by atoms with Gasteiger partial charge in [-0.15, -0.1) is 0 Å². The summed E-state index contributed by atoms with van der Waals surface area (Å²) in [7, 11) is 0. The highest BCUT2D eigenvalue weighted by Crippen LogP contribution is 2.44. The van der Waals surface area contributed by atoms with E-state index in [1.807, 2.05) is 36.4 Å². The summed E-state index contributed by atoms with van der Waals surface area (Å²) >= 11 is 0. The molecule has 8 nitrogen and oxygen atoms in total. The van der Waals surface area contributed by atoms with Crippen LogP contribution in [0.15, 0.2) is 48.5 Å². The molecular formula is C27H33N3O5. The topological polar surface area (TPSA) is 99.2 Å². The molecule has 35 heavy (non-hydrogen) atoms. The number of benzene rings is 2. The predicted octanol–water partition coefficient (Wildman–Crippen LogP) is 3.31. The third-order valence-corrected chi connectivity index (χ3v) is 6.80. The third kappa shape index (κ3) is 5.82. The Morgan fingerprint density at radius 2 is 1.60 bits per heavy atom. The predicted molar refractivity (Wildman–Crippen MR) is 132 cm³/mol. The van der Waals surface area contributed by atoms with E-state index in [0.717, 1.165) is 48.3 Å². The van der Waals surface area contributed by atoms with Crippen molar-refractivity contribution in [1.29, 1.82) is 0 Å². The molecule has 1 heterocycles. The molecule has 2 amide bonds. The van der Waals surface area contributed by atoms with Crippen LogP contribution in [0.1, 0.15) is 43.2 Å². The fourth-order valence-electron chi connectivity index (χ4n) is 5.04. The Kier molecular flexibility index (Phi) is 8.02. The number of carbonyl (C=O) groups is 3. The van der Waals surface area contributed by atoms with Crippen LogP contribution in [0, 0.1) is 0 Å². The molecule has 2 N–H and O–H groups in total. The SMILES string of the molecule is CCCN1CCN(C(=O)C(CCC(=O)O)NC(=O)OCC2c3ccccc3-c3ccccc32)CC1. The minimum absolute atomic E-state index is 0.0214. The maximum atomic E-state index is 13.1. The quantitative estimate of drug-likeness (QED) is 0.573. The fraction of sp³-hybridized carbons (Fsp3) is 0.444. The minimum Gasteiger partial charge on any atom is -0.481 e. The van der Waals surface area contributed by atoms with Crippen molar-refractivity contribution in [2.45, 2.75) is 38.1 Å². The van der Waals surface area contributed by atoms with E-state index in [9.17, 15) is 14.4 Å². The Hall–Kier alpha value is -3.39. The number of rotatable bonds is 9. The second-order valence-electron chi connectivity index (χ2n) is 9.12. The van der Waals surface area contributed by atoms with Gasteiger partial charge in [-0.25, -0.2) is 4.79 Å². The maximum absolute atomic E-state index is 13.1. The first-order valence-corrected chi connectivity index (χ1v) is 12.3. The van der Waals surface area contributed by atoms with E-state index in [4.69, 9.17) is 9.84 Å². The maximum Gasteiger partial charge on any atom is 0.407 e. The lowest BCUT2D eigenvalue weighted by Crippen LogP contribution is -2.55. The lowest BCUT2D eigenvalue weighted by atomic mass is 9.98. The number of hydrogen-bond acceptors (Lipinski definition) is 5. The van der Waals surface area contributed by atoms with Crippen molar-refractivity contribution in [3.8, 4) is 11.1 Å². The summed E-state index contributed by atoms with van der Waals surface area (Å²) < 4.78 is 5.59. The van der Waals surface area contributed by atoms with Crippen molar-refractivity contribution >= 4 is 18.0 Å². The number of carbonyl (C=O) groups excluding carboxylic acids is 2. The molecule has 186 valence electrons. The summed E-state index contributed by atoms with van der Waals surface area (Å²) in [5.74, 6) is -1.35. The molecule has 1 saturated heterocycles. The molecule has 2 aromatic rings. The largest absolute Gasteiger partial charge is 0.481 e. The van der Waals surface area contributed by atoms with E-state index < -0.39 is 18.1 Å². The van der Waals surface area contributed by atoms with Gasteiger partial charge in [-0.3, -0.25) is 14.5 Å². The molecule has 0 spiro atoms. The molecule has 2 aliphatic rings. The number of nitrogens with zero attached hydrogens (tertiary/aromatic N) is 2. The average molecular weight is 480 g/mol. The first-order valence-electron chi connectivity index (χ1n) is 12.3. The Morgan fingerprint density at radius 1 is 1.00 bits per heavy atom. The number of alkyl carbamates (subject to hydrolysis) is 1. The van der Waals surface area contributed by atoms with E-state index in [1.165, 1.54) is 0 Å². The standard InChI is InChI=1S/C27H33N3O5/c1-2-13-29-14-16-30(17-15-29)26(33)24(11-12-25(31)32)28-27(34)35-18-23-21-9-5-3-7-19(21)20-8-4-6-10-22(20)23/h3-10,23-24H,2,11-18H2,1H3,(H,28,34)(H,31,32). The molecule has 0 saturated carbocycles. The normalized spacial score (nSPS) is 16.3. The summed E-state index contributed by atoms with van der Waals surface area (Å²) in [5, 5.41) is 11.8. The highest BCUT2D eigenvalue weighted by atomic mass is 16.5. The molecule has 2 aromatic carbocycles. The molecule has 0 aromatic heterocycles. The van der Waals surface area contributed by atoms with Crippen LogP contribution in [0.4, 0.5) is 4.79 Å². The van der Waals surface area contributed by atoms with Crippen LogP contribution in [0.25, 0.3) is 11.1 Å². The zero-order chi connectivity index (χ0) is 24.8. The Morgan fingerprint density at radius 3 is 2.17 bits per heavy atom. The van der Waals surface area contributed by atoms with Gasteiger partial charge in [0.05, 0.1) is 0 Å². The van der Waals surface area contributed by atoms with E-state index >= 15 is 0 Å². The molecule has 1 fully saturated rings. The lowest BCUT2D eigenvalue weighted by Gasteiger charge is -2.36. The second kappa shape index (κ2) is 11.4. The first-order chi connectivity index (χ1) is 17.0. The van der Waals surface area contributed by atoms with Crippen LogP contribution in [0.5, 0.6) is 0 Å². The van der Waals surface area contributed by atoms with E-state index in [2.05, 4.69) is 29.3 Å². The molecule has 8 heteroatoms. The van der Waals surface area contributed by atoms with Gasteiger partial charge in [-0.05, 0) is 41.6 Å². The number of piperazine rings is 1. The van der Waals surface area contributed by atoms with Crippen molar-refractivity contribution < 1.29 is 24.2 Å². The van der Waals surface area contributed by atoms with Crippen LogP contribution in [-0.2, 0) is 14.3 Å². The van der Waals surface area contributed by atoms with Gasteiger partial charge in [0.2, 0.25) is 5.91 Å². The number of nitrogens with one attached hydrogen (secondary N) is 1. The highest BCUT2D eigenvalue weighted by molar-refractivity contribution is 5.86. The lowest BCUT2D eigenvalue weighted by molar-refractivity contribution is -0.138. The monoisotopic (exact) mass is 479 g/mol. The van der Waals surface area contributed by atoms with Gasteiger partial charge in [0.25, 0.3) is 0 Å². The Labute approximate surface area is 205 Å².